The number of anilines is 3. The Morgan fingerprint density at radius 2 is 1.77 bits per heavy atom. The Morgan fingerprint density at radius 3 is 2.40 bits per heavy atom. The highest BCUT2D eigenvalue weighted by Gasteiger charge is 2.32. The van der Waals surface area contributed by atoms with Crippen molar-refractivity contribution in [2.24, 2.45) is 7.05 Å². The first-order chi connectivity index (χ1) is 22.3. The molecule has 0 atom stereocenters. The molecule has 15 nitrogen and oxygen atoms in total. The van der Waals surface area contributed by atoms with Gasteiger partial charge in [0.25, 0.3) is 11.1 Å². The van der Waals surface area contributed by atoms with Crippen LogP contribution in [-0.2, 0) is 17.3 Å². The Balaban J connectivity index is 1.72. The molecule has 1 saturated carbocycles. The van der Waals surface area contributed by atoms with Gasteiger partial charge < -0.3 is 20.8 Å². The summed E-state index contributed by atoms with van der Waals surface area (Å²) in [6.45, 7) is 1.20. The maximum atomic E-state index is 15.0. The molecule has 5 N–H and O–H groups in total. The van der Waals surface area contributed by atoms with Crippen LogP contribution in [0.2, 0.25) is 0 Å². The largest absolute Gasteiger partial charge is 0.395 e. The van der Waals surface area contributed by atoms with Gasteiger partial charge in [-0.1, -0.05) is 12.1 Å². The zero-order valence-corrected chi connectivity index (χ0v) is 26.6. The van der Waals surface area contributed by atoms with E-state index < -0.39 is 64.7 Å². The number of nitrogens with one attached hydrogen (secondary N) is 3. The van der Waals surface area contributed by atoms with E-state index in [1.165, 1.54) is 54.9 Å². The minimum Gasteiger partial charge on any atom is -0.395 e. The van der Waals surface area contributed by atoms with Gasteiger partial charge in [0.1, 0.15) is 17.0 Å². The summed E-state index contributed by atoms with van der Waals surface area (Å²) < 4.78 is 47.4. The Hall–Kier alpha value is -5.00. The summed E-state index contributed by atoms with van der Waals surface area (Å²) in [7, 11) is -3.20. The van der Waals surface area contributed by atoms with E-state index >= 15 is 0 Å². The molecule has 47 heavy (non-hydrogen) atoms. The highest BCUT2D eigenvalue weighted by atomic mass is 32.2. The number of hydrogen-bond acceptors (Lipinski definition) is 9. The minimum atomic E-state index is -4.62. The molecule has 250 valence electrons. The maximum Gasteiger partial charge on any atom is 0.336 e. The normalized spacial score (nSPS) is 13.1. The number of fused-ring (bicyclic) bond motifs is 1. The molecule has 0 saturated heterocycles. The van der Waals surface area contributed by atoms with Crippen LogP contribution in [0.3, 0.4) is 0 Å². The first kappa shape index (κ1) is 33.4. The SMILES string of the molecule is Cc1ccc(Nc2c3c(=O)n(C4CC4)c(=O)n(-c4cccc(NS(=O)(=O)N(CCO)C(=O)NCCO)c4)c3c(C)c(=O)n2C)c(F)c1. The maximum absolute atomic E-state index is 15.0. The van der Waals surface area contributed by atoms with E-state index in [1.807, 2.05) is 0 Å². The summed E-state index contributed by atoms with van der Waals surface area (Å²) in [5.41, 5.74) is -1.39. The third-order valence-corrected chi connectivity index (χ3v) is 9.11. The molecule has 17 heteroatoms. The van der Waals surface area contributed by atoms with Gasteiger partial charge in [0.15, 0.2) is 0 Å². The summed E-state index contributed by atoms with van der Waals surface area (Å²) in [5.74, 6) is -0.667. The third kappa shape index (κ3) is 6.36. The molecule has 0 spiro atoms. The number of rotatable bonds is 11. The van der Waals surface area contributed by atoms with Gasteiger partial charge in [0.2, 0.25) is 0 Å². The molecular weight excluding hydrogens is 637 g/mol. The lowest BCUT2D eigenvalue weighted by Gasteiger charge is -2.23. The number of carbonyl (C=O) groups excluding carboxylic acids is 1. The van der Waals surface area contributed by atoms with Crippen LogP contribution >= 0.6 is 0 Å². The van der Waals surface area contributed by atoms with Crippen molar-refractivity contribution in [3.05, 3.63) is 90.6 Å². The zero-order chi connectivity index (χ0) is 34.2. The Labute approximate surface area is 267 Å². The lowest BCUT2D eigenvalue weighted by molar-refractivity contribution is 0.205. The van der Waals surface area contributed by atoms with Crippen molar-refractivity contribution in [1.29, 1.82) is 0 Å². The molecule has 2 aromatic heterocycles. The van der Waals surface area contributed by atoms with Crippen molar-refractivity contribution in [2.45, 2.75) is 32.7 Å². The lowest BCUT2D eigenvalue weighted by atomic mass is 10.1. The van der Waals surface area contributed by atoms with Gasteiger partial charge in [0, 0.05) is 25.2 Å². The van der Waals surface area contributed by atoms with Crippen molar-refractivity contribution in [1.82, 2.24) is 23.3 Å². The van der Waals surface area contributed by atoms with E-state index in [0.717, 1.165) is 9.13 Å². The van der Waals surface area contributed by atoms with Crippen LogP contribution < -0.4 is 32.2 Å². The molecule has 5 rings (SSSR count). The van der Waals surface area contributed by atoms with Crippen LogP contribution in [0.4, 0.5) is 26.4 Å². The zero-order valence-electron chi connectivity index (χ0n) is 25.8. The van der Waals surface area contributed by atoms with Gasteiger partial charge in [-0.25, -0.2) is 18.3 Å². The number of halogens is 1. The van der Waals surface area contributed by atoms with Gasteiger partial charge in [-0.2, -0.15) is 8.42 Å². The van der Waals surface area contributed by atoms with E-state index in [0.29, 0.717) is 22.7 Å². The van der Waals surface area contributed by atoms with Crippen LogP contribution in [0, 0.1) is 19.7 Å². The van der Waals surface area contributed by atoms with Gasteiger partial charge >= 0.3 is 21.9 Å². The first-order valence-electron chi connectivity index (χ1n) is 14.6. The molecular formula is C30H34FN7O8S. The first-order valence-corrected chi connectivity index (χ1v) is 16.1. The van der Waals surface area contributed by atoms with E-state index in [4.69, 9.17) is 5.11 Å². The summed E-state index contributed by atoms with van der Waals surface area (Å²) in [6.07, 6.45) is 1.11. The number of aliphatic hydroxyl groups excluding tert-OH is 2. The van der Waals surface area contributed by atoms with Crippen LogP contribution in [0.25, 0.3) is 16.6 Å². The van der Waals surface area contributed by atoms with Crippen molar-refractivity contribution < 1.29 is 27.8 Å². The number of benzene rings is 2. The smallest absolute Gasteiger partial charge is 0.336 e. The second kappa shape index (κ2) is 13.0. The second-order valence-corrected chi connectivity index (χ2v) is 12.7. The van der Waals surface area contributed by atoms with Crippen molar-refractivity contribution in [3.8, 4) is 5.69 Å². The van der Waals surface area contributed by atoms with Crippen LogP contribution in [0.5, 0.6) is 0 Å². The van der Waals surface area contributed by atoms with Gasteiger partial charge in [-0.05, 0) is 62.6 Å². The number of aliphatic hydroxyl groups is 2. The molecule has 0 aliphatic heterocycles. The van der Waals surface area contributed by atoms with E-state index in [2.05, 4.69) is 15.4 Å². The number of hydrogen-bond donors (Lipinski definition) is 5. The van der Waals surface area contributed by atoms with E-state index in [9.17, 15) is 37.1 Å². The number of aryl methyl sites for hydroxylation is 2. The average Bonchev–Trinajstić information content (AvgIpc) is 3.86. The number of pyridine rings is 1. The highest BCUT2D eigenvalue weighted by molar-refractivity contribution is 7.90. The number of carbonyl (C=O) groups is 1. The quantitative estimate of drug-likeness (QED) is 0.156. The molecule has 1 aliphatic carbocycles. The van der Waals surface area contributed by atoms with Gasteiger partial charge in [-0.3, -0.25) is 28.0 Å². The number of aromatic nitrogens is 3. The predicted molar refractivity (Wildman–Crippen MR) is 173 cm³/mol. The fourth-order valence-corrected chi connectivity index (χ4v) is 6.43. The molecule has 2 heterocycles. The minimum absolute atomic E-state index is 0.00209. The van der Waals surface area contributed by atoms with Crippen molar-refractivity contribution in [2.75, 3.05) is 36.3 Å². The molecule has 4 aromatic rings. The Morgan fingerprint density at radius 1 is 1.04 bits per heavy atom. The molecule has 0 bridgehead atoms. The van der Waals surface area contributed by atoms with Crippen molar-refractivity contribution >= 4 is 44.3 Å². The fraction of sp³-hybridized carbons (Fsp3) is 0.333. The predicted octanol–water partition coefficient (Wildman–Crippen LogP) is 1.34. The van der Waals surface area contributed by atoms with E-state index in [1.54, 1.807) is 13.0 Å². The fourth-order valence-electron chi connectivity index (χ4n) is 5.29. The van der Waals surface area contributed by atoms with Crippen LogP contribution in [0.15, 0.2) is 56.8 Å². The second-order valence-electron chi connectivity index (χ2n) is 11.1. The van der Waals surface area contributed by atoms with Gasteiger partial charge in [-0.15, -0.1) is 0 Å². The average molecular weight is 672 g/mol. The number of urea groups is 1. The number of amides is 2. The van der Waals surface area contributed by atoms with Crippen LogP contribution in [-0.4, -0.2) is 69.0 Å². The lowest BCUT2D eigenvalue weighted by Crippen LogP contribution is -2.48. The molecule has 0 radical (unpaired) electrons. The standard InChI is InChI=1S/C30H34FN7O8S/c1-17-7-10-23(22(31)15-17)33-26-24-25(18(2)27(41)35(26)3)37(30(44)38(28(24)42)20-8-9-20)21-6-4-5-19(16-21)34-47(45,46)36(12-14-40)29(43)32-11-13-39/h4-7,10,15-16,20,33-34,39-40H,8-9,11-14H2,1-3H3,(H,32,43). The third-order valence-electron chi connectivity index (χ3n) is 7.69. The summed E-state index contributed by atoms with van der Waals surface area (Å²) >= 11 is 0. The van der Waals surface area contributed by atoms with Gasteiger partial charge in [0.05, 0.1) is 42.3 Å². The highest BCUT2D eigenvalue weighted by Crippen LogP contribution is 2.34. The molecule has 1 fully saturated rings. The summed E-state index contributed by atoms with van der Waals surface area (Å²) in [4.78, 5) is 54.1. The monoisotopic (exact) mass is 671 g/mol. The topological polar surface area (TPSA) is 197 Å². The summed E-state index contributed by atoms with van der Waals surface area (Å²) in [5, 5.41) is 23.4. The summed E-state index contributed by atoms with van der Waals surface area (Å²) in [6, 6.07) is 8.45. The van der Waals surface area contributed by atoms with Crippen LogP contribution in [0.1, 0.15) is 30.0 Å². The Kier molecular flexibility index (Phi) is 9.24. The van der Waals surface area contributed by atoms with Crippen molar-refractivity contribution in [3.63, 3.8) is 0 Å². The molecule has 2 aromatic carbocycles. The molecule has 0 unspecified atom stereocenters. The Bertz CT molecular complexity index is 2170. The van der Waals surface area contributed by atoms with E-state index in [-0.39, 0.29) is 45.9 Å². The number of nitrogens with zero attached hydrogens (tertiary/aromatic N) is 4. The molecule has 2 amide bonds. The molecule has 1 aliphatic rings.